The van der Waals surface area contributed by atoms with Gasteiger partial charge in [-0.25, -0.2) is 9.78 Å². The number of aromatic carboxylic acids is 1. The fourth-order valence-electron chi connectivity index (χ4n) is 2.56. The van der Waals surface area contributed by atoms with E-state index in [0.29, 0.717) is 11.5 Å². The van der Waals surface area contributed by atoms with Crippen molar-refractivity contribution in [2.75, 3.05) is 11.1 Å². The predicted octanol–water partition coefficient (Wildman–Crippen LogP) is 1.94. The molecule has 3 rings (SSSR count). The van der Waals surface area contributed by atoms with Crippen LogP contribution in [0.1, 0.15) is 21.6 Å². The molecule has 1 aliphatic rings. The molecule has 2 aromatic rings. The summed E-state index contributed by atoms with van der Waals surface area (Å²) in [6, 6.07) is 11.5. The molecule has 5 nitrogen and oxygen atoms in total. The summed E-state index contributed by atoms with van der Waals surface area (Å²) in [6.45, 7) is 0. The second-order valence-corrected chi connectivity index (χ2v) is 4.96. The van der Waals surface area contributed by atoms with Crippen molar-refractivity contribution >= 4 is 17.5 Å². The number of pyridine rings is 1. The lowest BCUT2D eigenvalue weighted by Crippen LogP contribution is -2.21. The summed E-state index contributed by atoms with van der Waals surface area (Å²) in [5.74, 6) is -0.606. The Balaban J connectivity index is 1.80. The van der Waals surface area contributed by atoms with Crippen LogP contribution in [-0.2, 0) is 12.8 Å². The third-order valence-corrected chi connectivity index (χ3v) is 3.54. The summed E-state index contributed by atoms with van der Waals surface area (Å²) in [5.41, 5.74) is 8.95. The van der Waals surface area contributed by atoms with Crippen molar-refractivity contribution in [1.82, 2.24) is 4.98 Å². The highest BCUT2D eigenvalue weighted by Crippen LogP contribution is 2.25. The monoisotopic (exact) mass is 269 g/mol. The minimum Gasteiger partial charge on any atom is -0.477 e. The number of carboxylic acid groups (broad SMARTS) is 1. The van der Waals surface area contributed by atoms with Crippen molar-refractivity contribution in [2.45, 2.75) is 18.9 Å². The van der Waals surface area contributed by atoms with Crippen LogP contribution in [0.4, 0.5) is 11.5 Å². The Morgan fingerprint density at radius 3 is 2.45 bits per heavy atom. The standard InChI is InChI=1S/C15H15N3O2/c16-12-5-6-13(15(19)20)18-14(12)17-11-7-9-3-1-2-4-10(9)8-11/h1-6,11H,7-8,16H2,(H,17,18)(H,19,20). The number of nitrogens with zero attached hydrogens (tertiary/aromatic N) is 1. The van der Waals surface area contributed by atoms with Gasteiger partial charge in [0.1, 0.15) is 5.82 Å². The van der Waals surface area contributed by atoms with E-state index < -0.39 is 5.97 Å². The SMILES string of the molecule is Nc1ccc(C(=O)O)nc1NC1Cc2ccccc2C1. The molecule has 0 unspecified atom stereocenters. The van der Waals surface area contributed by atoms with E-state index in [9.17, 15) is 4.79 Å². The average Bonchev–Trinajstić information content (AvgIpc) is 2.83. The first kappa shape index (κ1) is 12.5. The Labute approximate surface area is 116 Å². The first-order valence-corrected chi connectivity index (χ1v) is 6.46. The van der Waals surface area contributed by atoms with Crippen molar-refractivity contribution in [3.05, 3.63) is 53.2 Å². The zero-order valence-electron chi connectivity index (χ0n) is 10.8. The van der Waals surface area contributed by atoms with Gasteiger partial charge in [0.15, 0.2) is 5.69 Å². The van der Waals surface area contributed by atoms with Gasteiger partial charge in [-0.15, -0.1) is 0 Å². The molecule has 4 N–H and O–H groups in total. The summed E-state index contributed by atoms with van der Waals surface area (Å²) in [6.07, 6.45) is 1.79. The molecule has 0 saturated heterocycles. The van der Waals surface area contributed by atoms with E-state index >= 15 is 0 Å². The molecule has 1 aromatic heterocycles. The van der Waals surface area contributed by atoms with Crippen LogP contribution in [-0.4, -0.2) is 22.1 Å². The number of benzene rings is 1. The number of nitrogens with two attached hydrogens (primary N) is 1. The van der Waals surface area contributed by atoms with E-state index in [1.165, 1.54) is 17.2 Å². The predicted molar refractivity (Wildman–Crippen MR) is 76.9 cm³/mol. The lowest BCUT2D eigenvalue weighted by atomic mass is 10.1. The van der Waals surface area contributed by atoms with Crippen molar-refractivity contribution in [2.24, 2.45) is 0 Å². The maximum atomic E-state index is 10.9. The van der Waals surface area contributed by atoms with Gasteiger partial charge in [-0.2, -0.15) is 0 Å². The van der Waals surface area contributed by atoms with Crippen LogP contribution < -0.4 is 11.1 Å². The van der Waals surface area contributed by atoms with Gasteiger partial charge in [-0.3, -0.25) is 0 Å². The van der Waals surface area contributed by atoms with E-state index in [1.54, 1.807) is 6.07 Å². The lowest BCUT2D eigenvalue weighted by Gasteiger charge is -2.14. The molecule has 0 fully saturated rings. The van der Waals surface area contributed by atoms with Crippen molar-refractivity contribution in [1.29, 1.82) is 0 Å². The second-order valence-electron chi connectivity index (χ2n) is 4.96. The van der Waals surface area contributed by atoms with Gasteiger partial charge in [-0.05, 0) is 36.1 Å². The minimum atomic E-state index is -1.05. The molecule has 0 aliphatic heterocycles. The number of fused-ring (bicyclic) bond motifs is 1. The van der Waals surface area contributed by atoms with E-state index in [-0.39, 0.29) is 11.7 Å². The first-order chi connectivity index (χ1) is 9.63. The Kier molecular flexibility index (Phi) is 3.02. The topological polar surface area (TPSA) is 88.2 Å². The van der Waals surface area contributed by atoms with Crippen LogP contribution >= 0.6 is 0 Å². The second kappa shape index (κ2) is 4.85. The minimum absolute atomic E-state index is 0.00258. The number of hydrogen-bond donors (Lipinski definition) is 3. The molecule has 1 aromatic carbocycles. The van der Waals surface area contributed by atoms with E-state index in [2.05, 4.69) is 22.4 Å². The average molecular weight is 269 g/mol. The normalized spacial score (nSPS) is 14.0. The summed E-state index contributed by atoms with van der Waals surface area (Å²) >= 11 is 0. The molecule has 20 heavy (non-hydrogen) atoms. The number of hydrogen-bond acceptors (Lipinski definition) is 4. The molecule has 5 heteroatoms. The lowest BCUT2D eigenvalue weighted by molar-refractivity contribution is 0.0690. The smallest absolute Gasteiger partial charge is 0.354 e. The summed E-state index contributed by atoms with van der Waals surface area (Å²) in [5, 5.41) is 12.2. The van der Waals surface area contributed by atoms with E-state index in [4.69, 9.17) is 10.8 Å². The fraction of sp³-hybridized carbons (Fsp3) is 0.200. The highest BCUT2D eigenvalue weighted by Gasteiger charge is 2.22. The van der Waals surface area contributed by atoms with Crippen LogP contribution in [0.25, 0.3) is 0 Å². The molecule has 0 amide bonds. The Bertz CT molecular complexity index is 645. The van der Waals surface area contributed by atoms with Crippen molar-refractivity contribution < 1.29 is 9.90 Å². The van der Waals surface area contributed by atoms with Crippen LogP contribution in [0.2, 0.25) is 0 Å². The van der Waals surface area contributed by atoms with Gasteiger partial charge in [0.25, 0.3) is 0 Å². The zero-order chi connectivity index (χ0) is 14.1. The number of nitrogen functional groups attached to an aromatic ring is 1. The quantitative estimate of drug-likeness (QED) is 0.792. The molecule has 0 spiro atoms. The first-order valence-electron chi connectivity index (χ1n) is 6.46. The molecular weight excluding hydrogens is 254 g/mol. The summed E-state index contributed by atoms with van der Waals surface area (Å²) in [7, 11) is 0. The van der Waals surface area contributed by atoms with Gasteiger partial charge in [0, 0.05) is 6.04 Å². The highest BCUT2D eigenvalue weighted by atomic mass is 16.4. The maximum Gasteiger partial charge on any atom is 0.354 e. The largest absolute Gasteiger partial charge is 0.477 e. The van der Waals surface area contributed by atoms with Gasteiger partial charge in [0.2, 0.25) is 0 Å². The third-order valence-electron chi connectivity index (χ3n) is 3.54. The molecule has 1 aliphatic carbocycles. The van der Waals surface area contributed by atoms with Crippen LogP contribution in [0, 0.1) is 0 Å². The third kappa shape index (κ3) is 2.30. The van der Waals surface area contributed by atoms with E-state index in [1.807, 2.05) is 12.1 Å². The van der Waals surface area contributed by atoms with Gasteiger partial charge in [-0.1, -0.05) is 24.3 Å². The molecule has 102 valence electrons. The van der Waals surface area contributed by atoms with Gasteiger partial charge < -0.3 is 16.2 Å². The molecular formula is C15H15N3O2. The summed E-state index contributed by atoms with van der Waals surface area (Å²) < 4.78 is 0. The van der Waals surface area contributed by atoms with Crippen LogP contribution in [0.15, 0.2) is 36.4 Å². The Hall–Kier alpha value is -2.56. The van der Waals surface area contributed by atoms with Crippen molar-refractivity contribution in [3.63, 3.8) is 0 Å². The fourth-order valence-corrected chi connectivity index (χ4v) is 2.56. The van der Waals surface area contributed by atoms with Crippen LogP contribution in [0.3, 0.4) is 0 Å². The maximum absolute atomic E-state index is 10.9. The van der Waals surface area contributed by atoms with Gasteiger partial charge >= 0.3 is 5.97 Å². The van der Waals surface area contributed by atoms with E-state index in [0.717, 1.165) is 12.8 Å². The molecule has 0 atom stereocenters. The molecule has 0 saturated carbocycles. The van der Waals surface area contributed by atoms with Crippen molar-refractivity contribution in [3.8, 4) is 0 Å². The zero-order valence-corrected chi connectivity index (χ0v) is 10.8. The molecule has 0 radical (unpaired) electrons. The number of carboxylic acids is 1. The highest BCUT2D eigenvalue weighted by molar-refractivity contribution is 5.86. The summed E-state index contributed by atoms with van der Waals surface area (Å²) in [4.78, 5) is 15.0. The number of nitrogens with one attached hydrogen (secondary N) is 1. The number of aromatic nitrogens is 1. The number of rotatable bonds is 3. The number of anilines is 2. The molecule has 0 bridgehead atoms. The van der Waals surface area contributed by atoms with Crippen LogP contribution in [0.5, 0.6) is 0 Å². The van der Waals surface area contributed by atoms with Gasteiger partial charge in [0.05, 0.1) is 5.69 Å². The Morgan fingerprint density at radius 1 is 1.20 bits per heavy atom. The Morgan fingerprint density at radius 2 is 1.85 bits per heavy atom. The molecule has 1 heterocycles. The number of carbonyl (C=O) groups is 1.